The van der Waals surface area contributed by atoms with Crippen LogP contribution in [0.3, 0.4) is 0 Å². The zero-order valence-corrected chi connectivity index (χ0v) is 16.6. The van der Waals surface area contributed by atoms with Gasteiger partial charge in [-0.1, -0.05) is 45.3 Å². The smallest absolute Gasteiger partial charge is 0.341 e. The molecule has 0 saturated heterocycles. The molecule has 0 radical (unpaired) electrons. The van der Waals surface area contributed by atoms with Crippen LogP contribution in [0.2, 0.25) is 0 Å². The minimum Gasteiger partial charge on any atom is -0.462 e. The molecule has 1 aromatic rings. The fourth-order valence-corrected chi connectivity index (χ4v) is 3.11. The molecule has 0 aromatic carbocycles. The Balaban J connectivity index is 2.15. The van der Waals surface area contributed by atoms with Gasteiger partial charge in [-0.2, -0.15) is 0 Å². The van der Waals surface area contributed by atoms with E-state index in [9.17, 15) is 4.79 Å². The number of ether oxygens (including phenoxy) is 1. The van der Waals surface area contributed by atoms with Crippen molar-refractivity contribution in [3.8, 4) is 11.8 Å². The number of rotatable bonds is 3. The second-order valence-electron chi connectivity index (χ2n) is 7.92. The average molecular weight is 352 g/mol. The van der Waals surface area contributed by atoms with E-state index in [1.165, 1.54) is 36.4 Å². The molecule has 0 atom stereocenters. The first-order chi connectivity index (χ1) is 12.2. The van der Waals surface area contributed by atoms with Crippen LogP contribution in [0.1, 0.15) is 70.6 Å². The summed E-state index contributed by atoms with van der Waals surface area (Å²) >= 11 is 0. The summed E-state index contributed by atoms with van der Waals surface area (Å²) in [6.07, 6.45) is 9.25. The molecule has 1 aliphatic rings. The first-order valence-electron chi connectivity index (χ1n) is 9.06. The highest BCUT2D eigenvalue weighted by atomic mass is 16.5. The molecular formula is C22H28N2O2. The van der Waals surface area contributed by atoms with E-state index in [2.05, 4.69) is 62.5 Å². The van der Waals surface area contributed by atoms with E-state index >= 15 is 0 Å². The molecule has 2 rings (SSSR count). The molecule has 1 heterocycles. The van der Waals surface area contributed by atoms with Crippen molar-refractivity contribution < 1.29 is 9.53 Å². The molecule has 26 heavy (non-hydrogen) atoms. The van der Waals surface area contributed by atoms with Gasteiger partial charge in [0.05, 0.1) is 12.2 Å². The minimum absolute atomic E-state index is 0.162. The fourth-order valence-electron chi connectivity index (χ4n) is 3.11. The van der Waals surface area contributed by atoms with E-state index in [0.29, 0.717) is 18.0 Å². The van der Waals surface area contributed by atoms with Gasteiger partial charge in [0.25, 0.3) is 0 Å². The van der Waals surface area contributed by atoms with E-state index in [0.717, 1.165) is 0 Å². The van der Waals surface area contributed by atoms with Crippen molar-refractivity contribution in [1.29, 1.82) is 0 Å². The number of nitrogens with zero attached hydrogens (tertiary/aromatic N) is 2. The monoisotopic (exact) mass is 352 g/mol. The Morgan fingerprint density at radius 3 is 2.42 bits per heavy atom. The van der Waals surface area contributed by atoms with Crippen LogP contribution in [-0.4, -0.2) is 22.5 Å². The summed E-state index contributed by atoms with van der Waals surface area (Å²) in [5.74, 6) is 5.88. The molecule has 4 heteroatoms. The normalized spacial score (nSPS) is 18.4. The number of carbonyl (C=O) groups excluding carboxylic acids is 1. The molecule has 1 aliphatic carbocycles. The van der Waals surface area contributed by atoms with Crippen molar-refractivity contribution in [2.45, 2.75) is 54.4 Å². The molecular weight excluding hydrogens is 324 g/mol. The molecule has 4 nitrogen and oxygen atoms in total. The SMILES string of the molecule is CCOC(=O)c1cnc(C#CC=CC2=C(C)C(C)(C)CCC2(C)C)nc1. The molecule has 0 N–H and O–H groups in total. The van der Waals surface area contributed by atoms with Gasteiger partial charge in [-0.05, 0) is 55.1 Å². The molecule has 0 unspecified atom stereocenters. The highest BCUT2D eigenvalue weighted by Gasteiger charge is 2.35. The molecule has 0 aliphatic heterocycles. The van der Waals surface area contributed by atoms with Crippen molar-refractivity contribution in [1.82, 2.24) is 9.97 Å². The topological polar surface area (TPSA) is 52.1 Å². The Hall–Kier alpha value is -2.41. The predicted octanol–water partition coefficient (Wildman–Crippen LogP) is 4.72. The molecule has 0 amide bonds. The van der Waals surface area contributed by atoms with Crippen LogP contribution >= 0.6 is 0 Å². The zero-order chi connectivity index (χ0) is 19.4. The summed E-state index contributed by atoms with van der Waals surface area (Å²) in [6, 6.07) is 0. The third-order valence-electron chi connectivity index (χ3n) is 5.20. The Bertz CT molecular complexity index is 788. The summed E-state index contributed by atoms with van der Waals surface area (Å²) in [4.78, 5) is 19.8. The third kappa shape index (κ3) is 4.60. The lowest BCUT2D eigenvalue weighted by atomic mass is 9.63. The van der Waals surface area contributed by atoms with Gasteiger partial charge in [0, 0.05) is 12.4 Å². The quantitative estimate of drug-likeness (QED) is 0.583. The standard InChI is InChI=1S/C22H28N2O2/c1-7-26-20(25)17-14-23-19(24-15-17)11-9-8-10-18-16(2)21(3,4)12-13-22(18,5)6/h8,10,14-15H,7,12-13H2,1-6H3. The molecule has 0 bridgehead atoms. The second-order valence-corrected chi connectivity index (χ2v) is 7.92. The summed E-state index contributed by atoms with van der Waals surface area (Å²) in [7, 11) is 0. The van der Waals surface area contributed by atoms with Gasteiger partial charge in [-0.25, -0.2) is 14.8 Å². The number of esters is 1. The van der Waals surface area contributed by atoms with Gasteiger partial charge >= 0.3 is 5.97 Å². The largest absolute Gasteiger partial charge is 0.462 e. The van der Waals surface area contributed by atoms with Crippen molar-refractivity contribution in [3.63, 3.8) is 0 Å². The van der Waals surface area contributed by atoms with Crippen LogP contribution in [0, 0.1) is 22.7 Å². The van der Waals surface area contributed by atoms with Crippen LogP contribution < -0.4 is 0 Å². The van der Waals surface area contributed by atoms with Gasteiger partial charge in [0.2, 0.25) is 5.82 Å². The first-order valence-corrected chi connectivity index (χ1v) is 9.06. The first kappa shape index (κ1) is 19.9. The van der Waals surface area contributed by atoms with Crippen LogP contribution in [0.4, 0.5) is 0 Å². The Morgan fingerprint density at radius 2 is 1.81 bits per heavy atom. The predicted molar refractivity (Wildman–Crippen MR) is 104 cm³/mol. The molecule has 1 aromatic heterocycles. The fraction of sp³-hybridized carbons (Fsp3) is 0.500. The zero-order valence-electron chi connectivity index (χ0n) is 16.6. The second kappa shape index (κ2) is 7.86. The van der Waals surface area contributed by atoms with Crippen molar-refractivity contribution in [3.05, 3.63) is 47.1 Å². The van der Waals surface area contributed by atoms with Gasteiger partial charge in [-0.3, -0.25) is 0 Å². The van der Waals surface area contributed by atoms with Gasteiger partial charge in [-0.15, -0.1) is 0 Å². The van der Waals surface area contributed by atoms with E-state index < -0.39 is 5.97 Å². The Labute approximate surface area is 156 Å². The molecule has 0 spiro atoms. The van der Waals surface area contributed by atoms with Gasteiger partial charge in [0.15, 0.2) is 0 Å². The number of hydrogen-bond donors (Lipinski definition) is 0. The van der Waals surface area contributed by atoms with Gasteiger partial charge in [0.1, 0.15) is 0 Å². The third-order valence-corrected chi connectivity index (χ3v) is 5.20. The summed E-state index contributed by atoms with van der Waals surface area (Å²) in [5, 5.41) is 0. The van der Waals surface area contributed by atoms with Gasteiger partial charge < -0.3 is 4.74 Å². The van der Waals surface area contributed by atoms with E-state index in [4.69, 9.17) is 4.74 Å². The number of carbonyl (C=O) groups is 1. The lowest BCUT2D eigenvalue weighted by Gasteiger charge is -2.41. The lowest BCUT2D eigenvalue weighted by molar-refractivity contribution is 0.0525. The maximum atomic E-state index is 11.6. The van der Waals surface area contributed by atoms with Crippen LogP contribution in [0.25, 0.3) is 0 Å². The Morgan fingerprint density at radius 1 is 1.19 bits per heavy atom. The van der Waals surface area contributed by atoms with Crippen LogP contribution in [0.15, 0.2) is 35.7 Å². The minimum atomic E-state index is -0.420. The Kier molecular flexibility index (Phi) is 6.02. The average Bonchev–Trinajstić information content (AvgIpc) is 2.59. The number of allylic oxidation sites excluding steroid dienone is 4. The molecule has 0 saturated carbocycles. The van der Waals surface area contributed by atoms with Crippen LogP contribution in [-0.2, 0) is 4.74 Å². The van der Waals surface area contributed by atoms with E-state index in [1.807, 2.05) is 6.08 Å². The highest BCUT2D eigenvalue weighted by Crippen LogP contribution is 2.48. The van der Waals surface area contributed by atoms with Crippen LogP contribution in [0.5, 0.6) is 0 Å². The summed E-state index contributed by atoms with van der Waals surface area (Å²) in [5.41, 5.74) is 3.52. The van der Waals surface area contributed by atoms with Crippen molar-refractivity contribution >= 4 is 5.97 Å². The highest BCUT2D eigenvalue weighted by molar-refractivity contribution is 5.88. The number of hydrogen-bond acceptors (Lipinski definition) is 4. The summed E-state index contributed by atoms with van der Waals surface area (Å²) < 4.78 is 4.91. The molecule has 0 fully saturated rings. The molecule has 138 valence electrons. The maximum absolute atomic E-state index is 11.6. The number of aromatic nitrogens is 2. The lowest BCUT2D eigenvalue weighted by Crippen LogP contribution is -2.29. The van der Waals surface area contributed by atoms with E-state index in [-0.39, 0.29) is 10.8 Å². The van der Waals surface area contributed by atoms with Crippen molar-refractivity contribution in [2.75, 3.05) is 6.61 Å². The van der Waals surface area contributed by atoms with E-state index in [1.54, 1.807) is 6.92 Å². The van der Waals surface area contributed by atoms with Crippen molar-refractivity contribution in [2.24, 2.45) is 10.8 Å². The summed E-state index contributed by atoms with van der Waals surface area (Å²) in [6.45, 7) is 13.5. The maximum Gasteiger partial charge on any atom is 0.341 e.